The zero-order valence-corrected chi connectivity index (χ0v) is 14.2. The molecular formula is C19H20F2N2O2. The standard InChI is InChI=1S/C19H20F2N2O2/c1-13-3-5-15(6-4-13)12-23(14(2)24)10-9-19(25)22-16-7-8-17(20)18(21)11-16/h3-8,11H,9-10,12H2,1-2H3,(H,22,25). The van der Waals surface area contributed by atoms with Gasteiger partial charge in [-0.2, -0.15) is 0 Å². The summed E-state index contributed by atoms with van der Waals surface area (Å²) >= 11 is 0. The van der Waals surface area contributed by atoms with Gasteiger partial charge in [0.05, 0.1) is 0 Å². The third kappa shape index (κ3) is 5.67. The van der Waals surface area contributed by atoms with Gasteiger partial charge in [0.25, 0.3) is 0 Å². The molecule has 0 spiro atoms. The van der Waals surface area contributed by atoms with Crippen LogP contribution in [0.15, 0.2) is 42.5 Å². The smallest absolute Gasteiger partial charge is 0.226 e. The molecule has 0 heterocycles. The number of benzene rings is 2. The molecule has 0 aliphatic carbocycles. The van der Waals surface area contributed by atoms with Gasteiger partial charge in [-0.1, -0.05) is 29.8 Å². The number of rotatable bonds is 6. The molecule has 0 unspecified atom stereocenters. The van der Waals surface area contributed by atoms with Crippen molar-refractivity contribution in [3.05, 3.63) is 65.2 Å². The van der Waals surface area contributed by atoms with Gasteiger partial charge < -0.3 is 10.2 Å². The van der Waals surface area contributed by atoms with E-state index >= 15 is 0 Å². The molecule has 0 bridgehead atoms. The molecule has 0 radical (unpaired) electrons. The van der Waals surface area contributed by atoms with E-state index in [2.05, 4.69) is 5.32 Å². The van der Waals surface area contributed by atoms with Gasteiger partial charge in [-0.25, -0.2) is 8.78 Å². The second-order valence-electron chi connectivity index (χ2n) is 5.85. The van der Waals surface area contributed by atoms with Gasteiger partial charge in [0.1, 0.15) is 0 Å². The first-order chi connectivity index (χ1) is 11.8. The molecule has 2 aromatic rings. The fraction of sp³-hybridized carbons (Fsp3) is 0.263. The van der Waals surface area contributed by atoms with Crippen molar-refractivity contribution < 1.29 is 18.4 Å². The quantitative estimate of drug-likeness (QED) is 0.868. The number of aryl methyl sites for hydroxylation is 1. The predicted molar refractivity (Wildman–Crippen MR) is 91.9 cm³/mol. The Morgan fingerprint density at radius 1 is 1.04 bits per heavy atom. The summed E-state index contributed by atoms with van der Waals surface area (Å²) in [4.78, 5) is 25.3. The molecule has 0 atom stereocenters. The summed E-state index contributed by atoms with van der Waals surface area (Å²) in [6.45, 7) is 4.07. The predicted octanol–water partition coefficient (Wildman–Crippen LogP) is 3.65. The Morgan fingerprint density at radius 2 is 1.72 bits per heavy atom. The van der Waals surface area contributed by atoms with Crippen LogP contribution in [0.1, 0.15) is 24.5 Å². The molecule has 132 valence electrons. The van der Waals surface area contributed by atoms with E-state index in [0.717, 1.165) is 23.3 Å². The third-order valence-electron chi connectivity index (χ3n) is 3.75. The first-order valence-corrected chi connectivity index (χ1v) is 7.91. The fourth-order valence-electron chi connectivity index (χ4n) is 2.30. The molecule has 2 rings (SSSR count). The van der Waals surface area contributed by atoms with Crippen molar-refractivity contribution in [3.63, 3.8) is 0 Å². The molecule has 1 N–H and O–H groups in total. The topological polar surface area (TPSA) is 49.4 Å². The van der Waals surface area contributed by atoms with Gasteiger partial charge in [-0.05, 0) is 24.6 Å². The zero-order chi connectivity index (χ0) is 18.4. The number of halogens is 2. The second-order valence-corrected chi connectivity index (χ2v) is 5.85. The van der Waals surface area contributed by atoms with Crippen LogP contribution in [0.2, 0.25) is 0 Å². The van der Waals surface area contributed by atoms with Crippen LogP contribution in [0.5, 0.6) is 0 Å². The Morgan fingerprint density at radius 3 is 2.32 bits per heavy atom. The van der Waals surface area contributed by atoms with Crippen molar-refractivity contribution in [1.29, 1.82) is 0 Å². The molecule has 2 amide bonds. The Hall–Kier alpha value is -2.76. The summed E-state index contributed by atoms with van der Waals surface area (Å²) in [5.41, 5.74) is 2.28. The Balaban J connectivity index is 1.91. The van der Waals surface area contributed by atoms with Gasteiger partial charge in [0, 0.05) is 38.2 Å². The Bertz CT molecular complexity index is 761. The van der Waals surface area contributed by atoms with Crippen molar-refractivity contribution in [2.24, 2.45) is 0 Å². The number of nitrogens with one attached hydrogen (secondary N) is 1. The minimum atomic E-state index is -1.03. The van der Waals surface area contributed by atoms with E-state index in [1.807, 2.05) is 31.2 Å². The first kappa shape index (κ1) is 18.6. The number of hydrogen-bond donors (Lipinski definition) is 1. The monoisotopic (exact) mass is 346 g/mol. The number of carbonyl (C=O) groups excluding carboxylic acids is 2. The van der Waals surface area contributed by atoms with Crippen molar-refractivity contribution >= 4 is 17.5 Å². The maximum Gasteiger partial charge on any atom is 0.226 e. The highest BCUT2D eigenvalue weighted by atomic mass is 19.2. The highest BCUT2D eigenvalue weighted by Gasteiger charge is 2.13. The lowest BCUT2D eigenvalue weighted by Gasteiger charge is -2.21. The molecule has 0 aromatic heterocycles. The Kier molecular flexibility index (Phi) is 6.22. The number of nitrogens with zero attached hydrogens (tertiary/aromatic N) is 1. The number of amides is 2. The normalized spacial score (nSPS) is 10.4. The van der Waals surface area contributed by atoms with Gasteiger partial charge in [0.2, 0.25) is 11.8 Å². The maximum absolute atomic E-state index is 13.1. The molecule has 0 saturated carbocycles. The number of carbonyl (C=O) groups is 2. The van der Waals surface area contributed by atoms with E-state index < -0.39 is 11.6 Å². The highest BCUT2D eigenvalue weighted by Crippen LogP contribution is 2.14. The highest BCUT2D eigenvalue weighted by molar-refractivity contribution is 5.91. The summed E-state index contributed by atoms with van der Waals surface area (Å²) in [6.07, 6.45) is 0.0600. The lowest BCUT2D eigenvalue weighted by Crippen LogP contribution is -2.31. The van der Waals surface area contributed by atoms with Crippen LogP contribution in [0.3, 0.4) is 0 Å². The largest absolute Gasteiger partial charge is 0.338 e. The maximum atomic E-state index is 13.1. The lowest BCUT2D eigenvalue weighted by atomic mass is 10.1. The zero-order valence-electron chi connectivity index (χ0n) is 14.2. The van der Waals surface area contributed by atoms with Crippen LogP contribution in [-0.4, -0.2) is 23.3 Å². The molecule has 0 saturated heterocycles. The summed E-state index contributed by atoms with van der Waals surface area (Å²) < 4.78 is 26.0. The van der Waals surface area contributed by atoms with E-state index in [4.69, 9.17) is 0 Å². The van der Waals surface area contributed by atoms with Crippen LogP contribution in [0, 0.1) is 18.6 Å². The second kappa shape index (κ2) is 8.37. The molecule has 6 heteroatoms. The van der Waals surface area contributed by atoms with E-state index in [1.165, 1.54) is 13.0 Å². The van der Waals surface area contributed by atoms with Crippen LogP contribution in [0.4, 0.5) is 14.5 Å². The van der Waals surface area contributed by atoms with Gasteiger partial charge >= 0.3 is 0 Å². The first-order valence-electron chi connectivity index (χ1n) is 7.91. The summed E-state index contributed by atoms with van der Waals surface area (Å²) in [6, 6.07) is 10.9. The molecule has 4 nitrogen and oxygen atoms in total. The van der Waals surface area contributed by atoms with E-state index in [1.54, 1.807) is 4.90 Å². The molecule has 2 aromatic carbocycles. The van der Waals surface area contributed by atoms with Crippen molar-refractivity contribution in [2.75, 3.05) is 11.9 Å². The minimum Gasteiger partial charge on any atom is -0.338 e. The van der Waals surface area contributed by atoms with Crippen molar-refractivity contribution in [2.45, 2.75) is 26.8 Å². The average Bonchev–Trinajstić information content (AvgIpc) is 2.56. The molecule has 0 aliphatic rings. The van der Waals surface area contributed by atoms with Crippen LogP contribution in [-0.2, 0) is 16.1 Å². The van der Waals surface area contributed by atoms with Crippen LogP contribution < -0.4 is 5.32 Å². The van der Waals surface area contributed by atoms with Crippen molar-refractivity contribution in [3.8, 4) is 0 Å². The fourth-order valence-corrected chi connectivity index (χ4v) is 2.30. The molecule has 0 aliphatic heterocycles. The van der Waals surface area contributed by atoms with Crippen molar-refractivity contribution in [1.82, 2.24) is 4.90 Å². The minimum absolute atomic E-state index is 0.0600. The van der Waals surface area contributed by atoms with E-state index in [0.29, 0.717) is 6.54 Å². The van der Waals surface area contributed by atoms with Crippen LogP contribution >= 0.6 is 0 Å². The van der Waals surface area contributed by atoms with Gasteiger partial charge in [-0.15, -0.1) is 0 Å². The van der Waals surface area contributed by atoms with Crippen LogP contribution in [0.25, 0.3) is 0 Å². The van der Waals surface area contributed by atoms with Gasteiger partial charge in [-0.3, -0.25) is 9.59 Å². The van der Waals surface area contributed by atoms with Gasteiger partial charge in [0.15, 0.2) is 11.6 Å². The summed E-state index contributed by atoms with van der Waals surface area (Å²) in [5, 5.41) is 2.49. The Labute approximate surface area is 145 Å². The summed E-state index contributed by atoms with van der Waals surface area (Å²) in [5.74, 6) is -2.51. The SMILES string of the molecule is CC(=O)N(CCC(=O)Nc1ccc(F)c(F)c1)Cc1ccc(C)cc1. The van der Waals surface area contributed by atoms with E-state index in [9.17, 15) is 18.4 Å². The molecule has 0 fully saturated rings. The average molecular weight is 346 g/mol. The lowest BCUT2D eigenvalue weighted by molar-refractivity contribution is -0.129. The third-order valence-corrected chi connectivity index (χ3v) is 3.75. The number of anilines is 1. The van der Waals surface area contributed by atoms with E-state index in [-0.39, 0.29) is 30.5 Å². The molecule has 25 heavy (non-hydrogen) atoms. The number of hydrogen-bond acceptors (Lipinski definition) is 2. The molecular weight excluding hydrogens is 326 g/mol. The summed E-state index contributed by atoms with van der Waals surface area (Å²) in [7, 11) is 0.